The zero-order valence-electron chi connectivity index (χ0n) is 14.1. The molecular formula is C19H21N5. The molecule has 4 rings (SSSR count). The predicted molar refractivity (Wildman–Crippen MR) is 97.2 cm³/mol. The number of fused-ring (bicyclic) bond motifs is 1. The summed E-state index contributed by atoms with van der Waals surface area (Å²) in [6, 6.07) is 8.39. The van der Waals surface area contributed by atoms with Gasteiger partial charge in [-0.3, -0.25) is 4.98 Å². The SMILES string of the molecule is Cc1ccnc2cc(-c3cnc(N4CCN(C)CC4)nc3)ccc12. The average molecular weight is 319 g/mol. The smallest absolute Gasteiger partial charge is 0.225 e. The lowest BCUT2D eigenvalue weighted by Crippen LogP contribution is -2.45. The van der Waals surface area contributed by atoms with Crippen LogP contribution >= 0.6 is 0 Å². The van der Waals surface area contributed by atoms with Crippen molar-refractivity contribution in [2.75, 3.05) is 38.1 Å². The molecule has 0 saturated carbocycles. The van der Waals surface area contributed by atoms with Crippen LogP contribution in [0.3, 0.4) is 0 Å². The summed E-state index contributed by atoms with van der Waals surface area (Å²) in [6.45, 7) is 6.18. The molecule has 3 aromatic rings. The van der Waals surface area contributed by atoms with Crippen LogP contribution in [0, 0.1) is 6.92 Å². The van der Waals surface area contributed by atoms with Crippen LogP contribution < -0.4 is 4.90 Å². The Morgan fingerprint density at radius 3 is 2.38 bits per heavy atom. The van der Waals surface area contributed by atoms with Crippen molar-refractivity contribution in [2.24, 2.45) is 0 Å². The van der Waals surface area contributed by atoms with E-state index in [1.165, 1.54) is 10.9 Å². The molecule has 0 N–H and O–H groups in total. The van der Waals surface area contributed by atoms with Gasteiger partial charge in [0.15, 0.2) is 0 Å². The van der Waals surface area contributed by atoms with E-state index >= 15 is 0 Å². The molecule has 5 heteroatoms. The van der Waals surface area contributed by atoms with Gasteiger partial charge < -0.3 is 9.80 Å². The molecule has 0 aliphatic carbocycles. The van der Waals surface area contributed by atoms with Crippen molar-refractivity contribution in [2.45, 2.75) is 6.92 Å². The molecule has 1 aliphatic rings. The van der Waals surface area contributed by atoms with Crippen molar-refractivity contribution < 1.29 is 0 Å². The van der Waals surface area contributed by atoms with E-state index in [4.69, 9.17) is 0 Å². The lowest BCUT2D eigenvalue weighted by molar-refractivity contribution is 0.311. The van der Waals surface area contributed by atoms with Gasteiger partial charge in [-0.05, 0) is 37.2 Å². The molecule has 1 fully saturated rings. The summed E-state index contributed by atoms with van der Waals surface area (Å²) in [5, 5.41) is 1.19. The van der Waals surface area contributed by atoms with E-state index in [0.717, 1.165) is 48.8 Å². The van der Waals surface area contributed by atoms with Gasteiger partial charge in [0.2, 0.25) is 5.95 Å². The Labute approximate surface area is 142 Å². The number of pyridine rings is 1. The van der Waals surface area contributed by atoms with Gasteiger partial charge in [-0.25, -0.2) is 9.97 Å². The van der Waals surface area contributed by atoms with Crippen molar-refractivity contribution in [3.05, 3.63) is 48.4 Å². The van der Waals surface area contributed by atoms with Gasteiger partial charge in [-0.2, -0.15) is 0 Å². The van der Waals surface area contributed by atoms with Crippen LogP contribution in [0.5, 0.6) is 0 Å². The summed E-state index contributed by atoms with van der Waals surface area (Å²) in [6.07, 6.45) is 5.68. The molecule has 122 valence electrons. The average Bonchev–Trinajstić information content (AvgIpc) is 2.62. The summed E-state index contributed by atoms with van der Waals surface area (Å²) >= 11 is 0. The number of nitrogens with zero attached hydrogens (tertiary/aromatic N) is 5. The van der Waals surface area contributed by atoms with Gasteiger partial charge in [-0.1, -0.05) is 12.1 Å². The van der Waals surface area contributed by atoms with Crippen LogP contribution in [-0.2, 0) is 0 Å². The van der Waals surface area contributed by atoms with E-state index in [1.54, 1.807) is 0 Å². The van der Waals surface area contributed by atoms with Crippen molar-refractivity contribution in [1.29, 1.82) is 0 Å². The summed E-state index contributed by atoms with van der Waals surface area (Å²) in [4.78, 5) is 18.2. The Kier molecular flexibility index (Phi) is 3.86. The highest BCUT2D eigenvalue weighted by Gasteiger charge is 2.16. The Morgan fingerprint density at radius 2 is 1.62 bits per heavy atom. The largest absolute Gasteiger partial charge is 0.338 e. The molecule has 5 nitrogen and oxygen atoms in total. The first kappa shape index (κ1) is 15.0. The maximum absolute atomic E-state index is 4.58. The second-order valence-corrected chi connectivity index (χ2v) is 6.42. The molecule has 1 aliphatic heterocycles. The predicted octanol–water partition coefficient (Wildman–Crippen LogP) is 2.75. The second kappa shape index (κ2) is 6.17. The minimum atomic E-state index is 0.821. The van der Waals surface area contributed by atoms with E-state index in [9.17, 15) is 0 Å². The van der Waals surface area contributed by atoms with E-state index in [-0.39, 0.29) is 0 Å². The Balaban J connectivity index is 1.61. The lowest BCUT2D eigenvalue weighted by Gasteiger charge is -2.32. The van der Waals surface area contributed by atoms with E-state index in [0.29, 0.717) is 0 Å². The number of hydrogen-bond donors (Lipinski definition) is 0. The number of likely N-dealkylation sites (N-methyl/N-ethyl adjacent to an activating group) is 1. The van der Waals surface area contributed by atoms with Crippen molar-refractivity contribution in [3.63, 3.8) is 0 Å². The fourth-order valence-electron chi connectivity index (χ4n) is 3.11. The van der Waals surface area contributed by atoms with Gasteiger partial charge in [0, 0.05) is 55.7 Å². The Morgan fingerprint density at radius 1 is 0.875 bits per heavy atom. The number of piperazine rings is 1. The summed E-state index contributed by atoms with van der Waals surface area (Å²) in [5.74, 6) is 0.821. The lowest BCUT2D eigenvalue weighted by atomic mass is 10.0. The van der Waals surface area contributed by atoms with Crippen LogP contribution in [-0.4, -0.2) is 53.1 Å². The normalized spacial score (nSPS) is 15.8. The maximum Gasteiger partial charge on any atom is 0.225 e. The molecule has 0 unspecified atom stereocenters. The van der Waals surface area contributed by atoms with Crippen LogP contribution in [0.1, 0.15) is 5.56 Å². The summed E-state index contributed by atoms with van der Waals surface area (Å²) < 4.78 is 0. The van der Waals surface area contributed by atoms with E-state index < -0.39 is 0 Å². The molecule has 2 aromatic heterocycles. The highest BCUT2D eigenvalue weighted by Crippen LogP contribution is 2.24. The number of anilines is 1. The third-order valence-corrected chi connectivity index (χ3v) is 4.72. The minimum absolute atomic E-state index is 0.821. The second-order valence-electron chi connectivity index (χ2n) is 6.42. The van der Waals surface area contributed by atoms with Crippen LogP contribution in [0.15, 0.2) is 42.9 Å². The highest BCUT2D eigenvalue weighted by molar-refractivity contribution is 5.86. The molecule has 0 bridgehead atoms. The summed E-state index contributed by atoms with van der Waals surface area (Å²) in [5.41, 5.74) is 4.38. The van der Waals surface area contributed by atoms with Gasteiger partial charge in [-0.15, -0.1) is 0 Å². The van der Waals surface area contributed by atoms with Gasteiger partial charge in [0.25, 0.3) is 0 Å². The molecule has 0 spiro atoms. The van der Waals surface area contributed by atoms with E-state index in [2.05, 4.69) is 56.9 Å². The zero-order valence-corrected chi connectivity index (χ0v) is 14.1. The van der Waals surface area contributed by atoms with Gasteiger partial charge in [0.1, 0.15) is 0 Å². The third-order valence-electron chi connectivity index (χ3n) is 4.72. The summed E-state index contributed by atoms with van der Waals surface area (Å²) in [7, 11) is 2.15. The minimum Gasteiger partial charge on any atom is -0.338 e. The number of benzene rings is 1. The molecule has 0 atom stereocenters. The first-order valence-electron chi connectivity index (χ1n) is 8.32. The topological polar surface area (TPSA) is 45.2 Å². The first-order chi connectivity index (χ1) is 11.7. The fraction of sp³-hybridized carbons (Fsp3) is 0.316. The molecule has 1 saturated heterocycles. The number of aryl methyl sites for hydroxylation is 1. The third kappa shape index (κ3) is 2.83. The fourth-order valence-corrected chi connectivity index (χ4v) is 3.11. The first-order valence-corrected chi connectivity index (χ1v) is 8.32. The Hall–Kier alpha value is -2.53. The molecule has 0 radical (unpaired) electrons. The standard InChI is InChI=1S/C19H21N5/c1-14-5-6-20-18-11-15(3-4-17(14)18)16-12-21-19(22-13-16)24-9-7-23(2)8-10-24/h3-6,11-13H,7-10H2,1-2H3. The number of aromatic nitrogens is 3. The monoisotopic (exact) mass is 319 g/mol. The van der Waals surface area contributed by atoms with Crippen LogP contribution in [0.25, 0.3) is 22.0 Å². The Bertz CT molecular complexity index is 851. The quantitative estimate of drug-likeness (QED) is 0.727. The molecule has 0 amide bonds. The maximum atomic E-state index is 4.58. The van der Waals surface area contributed by atoms with Crippen molar-refractivity contribution in [3.8, 4) is 11.1 Å². The number of rotatable bonds is 2. The molecule has 1 aromatic carbocycles. The van der Waals surface area contributed by atoms with Crippen molar-refractivity contribution in [1.82, 2.24) is 19.9 Å². The molecule has 3 heterocycles. The van der Waals surface area contributed by atoms with Gasteiger partial charge in [0.05, 0.1) is 5.52 Å². The van der Waals surface area contributed by atoms with E-state index in [1.807, 2.05) is 24.7 Å². The van der Waals surface area contributed by atoms with Crippen LogP contribution in [0.4, 0.5) is 5.95 Å². The zero-order chi connectivity index (χ0) is 16.5. The van der Waals surface area contributed by atoms with Crippen molar-refractivity contribution >= 4 is 16.9 Å². The van der Waals surface area contributed by atoms with Gasteiger partial charge >= 0.3 is 0 Å². The highest BCUT2D eigenvalue weighted by atomic mass is 15.3. The number of hydrogen-bond acceptors (Lipinski definition) is 5. The van der Waals surface area contributed by atoms with Crippen LogP contribution in [0.2, 0.25) is 0 Å². The molecular weight excluding hydrogens is 298 g/mol. The molecule has 24 heavy (non-hydrogen) atoms.